The number of piperidine rings is 1. The second-order valence-electron chi connectivity index (χ2n) is 7.30. The number of benzene rings is 1. The topological polar surface area (TPSA) is 30.5 Å². The van der Waals surface area contributed by atoms with Crippen LogP contribution < -0.4 is 10.8 Å². The van der Waals surface area contributed by atoms with E-state index in [1.54, 1.807) is 0 Å². The molecule has 0 bridgehead atoms. The summed E-state index contributed by atoms with van der Waals surface area (Å²) >= 11 is 0. The average Bonchev–Trinajstić information content (AvgIpc) is 2.69. The Morgan fingerprint density at radius 2 is 1.67 bits per heavy atom. The molecule has 1 unspecified atom stereocenters. The van der Waals surface area contributed by atoms with Gasteiger partial charge in [-0.05, 0) is 64.0 Å². The fourth-order valence-corrected chi connectivity index (χ4v) is 3.04. The van der Waals surface area contributed by atoms with Gasteiger partial charge in [-0.15, -0.1) is 0 Å². The van der Waals surface area contributed by atoms with Crippen molar-refractivity contribution in [3.05, 3.63) is 29.8 Å². The van der Waals surface area contributed by atoms with Gasteiger partial charge >= 0.3 is 7.12 Å². The van der Waals surface area contributed by atoms with Crippen molar-refractivity contribution in [2.24, 2.45) is 0 Å². The van der Waals surface area contributed by atoms with E-state index in [-0.39, 0.29) is 18.3 Å². The monoisotopic (exact) mass is 287 g/mol. The Balaban J connectivity index is 1.73. The number of hydrogen-bond acceptors (Lipinski definition) is 3. The zero-order valence-electron chi connectivity index (χ0n) is 13.6. The van der Waals surface area contributed by atoms with E-state index >= 15 is 0 Å². The molecule has 1 aromatic carbocycles. The van der Waals surface area contributed by atoms with Crippen LogP contribution in [0.25, 0.3) is 0 Å². The molecule has 3 nitrogen and oxygen atoms in total. The van der Waals surface area contributed by atoms with Crippen LogP contribution in [-0.4, -0.2) is 31.4 Å². The van der Waals surface area contributed by atoms with Crippen LogP contribution in [0.1, 0.15) is 52.0 Å². The van der Waals surface area contributed by atoms with E-state index in [1.165, 1.54) is 18.4 Å². The van der Waals surface area contributed by atoms with Gasteiger partial charge in [0, 0.05) is 6.54 Å². The fourth-order valence-electron chi connectivity index (χ4n) is 3.04. The Morgan fingerprint density at radius 3 is 2.19 bits per heavy atom. The van der Waals surface area contributed by atoms with Crippen molar-refractivity contribution in [2.75, 3.05) is 13.1 Å². The zero-order valence-corrected chi connectivity index (χ0v) is 13.6. The Labute approximate surface area is 128 Å². The lowest BCUT2D eigenvalue weighted by atomic mass is 9.78. The summed E-state index contributed by atoms with van der Waals surface area (Å²) in [6, 6.07) is 8.79. The molecule has 2 aliphatic rings. The summed E-state index contributed by atoms with van der Waals surface area (Å²) in [6.07, 6.45) is 2.55. The van der Waals surface area contributed by atoms with E-state index in [1.807, 2.05) is 0 Å². The molecule has 2 heterocycles. The van der Waals surface area contributed by atoms with Gasteiger partial charge in [0.25, 0.3) is 0 Å². The minimum Gasteiger partial charge on any atom is -0.399 e. The van der Waals surface area contributed by atoms with Gasteiger partial charge in [-0.25, -0.2) is 0 Å². The average molecular weight is 287 g/mol. The lowest BCUT2D eigenvalue weighted by Gasteiger charge is -2.32. The van der Waals surface area contributed by atoms with E-state index < -0.39 is 0 Å². The van der Waals surface area contributed by atoms with Gasteiger partial charge in [-0.2, -0.15) is 0 Å². The van der Waals surface area contributed by atoms with Crippen LogP contribution in [0.5, 0.6) is 0 Å². The van der Waals surface area contributed by atoms with Crippen molar-refractivity contribution in [1.29, 1.82) is 0 Å². The second kappa shape index (κ2) is 5.42. The molecular formula is C17H26BNO2. The molecule has 3 rings (SSSR count). The number of hydrogen-bond donors (Lipinski definition) is 1. The van der Waals surface area contributed by atoms with Gasteiger partial charge in [-0.3, -0.25) is 0 Å². The summed E-state index contributed by atoms with van der Waals surface area (Å²) in [5.41, 5.74) is 1.98. The molecule has 1 atom stereocenters. The minimum atomic E-state index is -0.274. The lowest BCUT2D eigenvalue weighted by molar-refractivity contribution is 0.00578. The van der Waals surface area contributed by atoms with Crippen molar-refractivity contribution in [3.63, 3.8) is 0 Å². The van der Waals surface area contributed by atoms with Crippen molar-refractivity contribution in [1.82, 2.24) is 5.32 Å². The smallest absolute Gasteiger partial charge is 0.399 e. The Kier molecular flexibility index (Phi) is 3.89. The molecule has 2 fully saturated rings. The van der Waals surface area contributed by atoms with Gasteiger partial charge < -0.3 is 14.6 Å². The molecule has 0 aliphatic carbocycles. The summed E-state index contributed by atoms with van der Waals surface area (Å²) in [4.78, 5) is 0. The Morgan fingerprint density at radius 1 is 1.05 bits per heavy atom. The summed E-state index contributed by atoms with van der Waals surface area (Å²) in [5.74, 6) is 0.645. The summed E-state index contributed by atoms with van der Waals surface area (Å²) in [5, 5.41) is 3.48. The largest absolute Gasteiger partial charge is 0.494 e. The molecule has 4 heteroatoms. The molecule has 2 aliphatic heterocycles. The van der Waals surface area contributed by atoms with Crippen molar-refractivity contribution >= 4 is 12.6 Å². The van der Waals surface area contributed by atoms with Crippen LogP contribution in [0.3, 0.4) is 0 Å². The number of rotatable bonds is 2. The van der Waals surface area contributed by atoms with Crippen LogP contribution in [0.2, 0.25) is 0 Å². The van der Waals surface area contributed by atoms with Crippen LogP contribution in [0.15, 0.2) is 24.3 Å². The molecule has 21 heavy (non-hydrogen) atoms. The van der Waals surface area contributed by atoms with Gasteiger partial charge in [0.05, 0.1) is 11.2 Å². The maximum Gasteiger partial charge on any atom is 0.494 e. The molecule has 0 saturated carbocycles. The van der Waals surface area contributed by atoms with Crippen molar-refractivity contribution in [3.8, 4) is 0 Å². The predicted molar refractivity (Wildman–Crippen MR) is 87.0 cm³/mol. The first kappa shape index (κ1) is 15.1. The highest BCUT2D eigenvalue weighted by Gasteiger charge is 2.51. The maximum absolute atomic E-state index is 6.10. The SMILES string of the molecule is CC1(C)OB(c2ccc(C3CCCNC3)cc2)OC1(C)C. The van der Waals surface area contributed by atoms with E-state index in [0.29, 0.717) is 5.92 Å². The maximum atomic E-state index is 6.10. The van der Waals surface area contributed by atoms with Crippen molar-refractivity contribution < 1.29 is 9.31 Å². The van der Waals surface area contributed by atoms with E-state index in [2.05, 4.69) is 57.3 Å². The highest BCUT2D eigenvalue weighted by atomic mass is 16.7. The first-order chi connectivity index (χ1) is 9.89. The van der Waals surface area contributed by atoms with Gasteiger partial charge in [0.1, 0.15) is 0 Å². The van der Waals surface area contributed by atoms with Crippen LogP contribution >= 0.6 is 0 Å². The predicted octanol–water partition coefficient (Wildman–Crippen LogP) is 2.45. The van der Waals surface area contributed by atoms with Crippen molar-refractivity contribution in [2.45, 2.75) is 57.7 Å². The fraction of sp³-hybridized carbons (Fsp3) is 0.647. The van der Waals surface area contributed by atoms with E-state index in [0.717, 1.165) is 18.6 Å². The molecule has 1 N–H and O–H groups in total. The highest BCUT2D eigenvalue weighted by Crippen LogP contribution is 2.36. The van der Waals surface area contributed by atoms with Gasteiger partial charge in [0.15, 0.2) is 0 Å². The summed E-state index contributed by atoms with van der Waals surface area (Å²) < 4.78 is 12.2. The van der Waals surface area contributed by atoms with Gasteiger partial charge in [-0.1, -0.05) is 24.3 Å². The van der Waals surface area contributed by atoms with Crippen LogP contribution in [0.4, 0.5) is 0 Å². The molecule has 114 valence electrons. The third-order valence-electron chi connectivity index (χ3n) is 5.23. The summed E-state index contributed by atoms with van der Waals surface area (Å²) in [6.45, 7) is 10.6. The molecule has 0 spiro atoms. The Hall–Kier alpha value is -0.835. The molecule has 0 aromatic heterocycles. The third-order valence-corrected chi connectivity index (χ3v) is 5.23. The second-order valence-corrected chi connectivity index (χ2v) is 7.30. The highest BCUT2D eigenvalue weighted by molar-refractivity contribution is 6.62. The van der Waals surface area contributed by atoms with Crippen LogP contribution in [0, 0.1) is 0 Å². The first-order valence-electron chi connectivity index (χ1n) is 8.05. The molecular weight excluding hydrogens is 261 g/mol. The summed E-state index contributed by atoms with van der Waals surface area (Å²) in [7, 11) is -0.256. The first-order valence-corrected chi connectivity index (χ1v) is 8.05. The Bertz CT molecular complexity index is 476. The van der Waals surface area contributed by atoms with Crippen LogP contribution in [-0.2, 0) is 9.31 Å². The van der Waals surface area contributed by atoms with E-state index in [9.17, 15) is 0 Å². The normalized spacial score (nSPS) is 27.8. The van der Waals surface area contributed by atoms with Gasteiger partial charge in [0.2, 0.25) is 0 Å². The lowest BCUT2D eigenvalue weighted by Crippen LogP contribution is -2.41. The molecule has 0 radical (unpaired) electrons. The third kappa shape index (κ3) is 2.89. The molecule has 0 amide bonds. The molecule has 2 saturated heterocycles. The minimum absolute atomic E-state index is 0.256. The number of nitrogens with one attached hydrogen (secondary N) is 1. The zero-order chi connectivity index (χ0) is 15.1. The standard InChI is InChI=1S/C17H26BNO2/c1-16(2)17(3,4)21-18(20-16)15-9-7-13(8-10-15)14-6-5-11-19-12-14/h7-10,14,19H,5-6,11-12H2,1-4H3. The van der Waals surface area contributed by atoms with E-state index in [4.69, 9.17) is 9.31 Å². The molecule has 1 aromatic rings. The quantitative estimate of drug-likeness (QED) is 0.848.